The summed E-state index contributed by atoms with van der Waals surface area (Å²) in [6.45, 7) is 6.27. The molecule has 4 heteroatoms. The van der Waals surface area contributed by atoms with Crippen LogP contribution in [0.5, 0.6) is 0 Å². The van der Waals surface area contributed by atoms with E-state index in [1.807, 2.05) is 13.1 Å². The van der Waals surface area contributed by atoms with Crippen LogP contribution in [0.4, 0.5) is 0 Å². The minimum absolute atomic E-state index is 0.00986. The Kier molecular flexibility index (Phi) is 3.52. The van der Waals surface area contributed by atoms with Crippen LogP contribution in [-0.4, -0.2) is 28.0 Å². The highest BCUT2D eigenvalue weighted by atomic mass is 16.2. The summed E-state index contributed by atoms with van der Waals surface area (Å²) in [5.74, 6) is -0.00986. The molecule has 1 amide bonds. The fourth-order valence-corrected chi connectivity index (χ4v) is 2.51. The highest BCUT2D eigenvalue weighted by Crippen LogP contribution is 2.20. The number of hydrogen-bond acceptors (Lipinski definition) is 2. The number of nitrogens with zero attached hydrogens (tertiary/aromatic N) is 1. The molecule has 1 aromatic rings. The van der Waals surface area contributed by atoms with Crippen LogP contribution in [0, 0.1) is 6.92 Å². The number of carbonyl (C=O) groups excluding carboxylic acids is 1. The summed E-state index contributed by atoms with van der Waals surface area (Å²) in [6, 6.07) is 0.837. The molecule has 1 saturated heterocycles. The summed E-state index contributed by atoms with van der Waals surface area (Å²) in [5.41, 5.74) is 4.75. The van der Waals surface area contributed by atoms with Crippen molar-refractivity contribution in [2.45, 2.75) is 52.1 Å². The minimum atomic E-state index is -0.00986. The lowest BCUT2D eigenvalue weighted by Gasteiger charge is -2.38. The standard InChI is InChI=1S/C13H21N3O/c1-9-7-14-8-12(9)13(17)15-16-10(2)5-4-6-11(16)3/h7-8,10-11,14H,4-6H2,1-3H3,(H,15,17)/t10-,11-/m0/s1. The van der Waals surface area contributed by atoms with E-state index in [0.29, 0.717) is 12.1 Å². The zero-order valence-corrected chi connectivity index (χ0v) is 10.8. The Balaban J connectivity index is 2.05. The third-order valence-corrected chi connectivity index (χ3v) is 3.62. The van der Waals surface area contributed by atoms with Gasteiger partial charge in [0.15, 0.2) is 0 Å². The highest BCUT2D eigenvalue weighted by molar-refractivity contribution is 5.95. The van der Waals surface area contributed by atoms with Crippen LogP contribution in [-0.2, 0) is 0 Å². The van der Waals surface area contributed by atoms with Gasteiger partial charge in [0.25, 0.3) is 5.91 Å². The summed E-state index contributed by atoms with van der Waals surface area (Å²) in [6.07, 6.45) is 7.15. The van der Waals surface area contributed by atoms with Crippen LogP contribution in [0.1, 0.15) is 49.0 Å². The van der Waals surface area contributed by atoms with Crippen LogP contribution >= 0.6 is 0 Å². The Morgan fingerprint density at radius 3 is 2.53 bits per heavy atom. The van der Waals surface area contributed by atoms with Crippen molar-refractivity contribution in [3.05, 3.63) is 23.5 Å². The van der Waals surface area contributed by atoms with Crippen LogP contribution in [0.25, 0.3) is 0 Å². The predicted molar refractivity (Wildman–Crippen MR) is 67.6 cm³/mol. The van der Waals surface area contributed by atoms with Gasteiger partial charge >= 0.3 is 0 Å². The zero-order valence-electron chi connectivity index (χ0n) is 10.8. The lowest BCUT2D eigenvalue weighted by Crippen LogP contribution is -2.54. The van der Waals surface area contributed by atoms with Crippen LogP contribution < -0.4 is 5.43 Å². The first-order valence-corrected chi connectivity index (χ1v) is 6.32. The second-order valence-corrected chi connectivity index (χ2v) is 5.03. The monoisotopic (exact) mass is 235 g/mol. The molecule has 1 aliphatic rings. The number of H-pyrrole nitrogens is 1. The van der Waals surface area contributed by atoms with E-state index >= 15 is 0 Å². The Bertz CT molecular complexity index is 389. The van der Waals surface area contributed by atoms with Gasteiger partial charge in [0.1, 0.15) is 0 Å². The molecule has 2 heterocycles. The van der Waals surface area contributed by atoms with Gasteiger partial charge in [0, 0.05) is 24.5 Å². The van der Waals surface area contributed by atoms with Gasteiger partial charge in [-0.25, -0.2) is 5.01 Å². The number of aromatic amines is 1. The van der Waals surface area contributed by atoms with Crippen LogP contribution in [0.3, 0.4) is 0 Å². The molecule has 0 unspecified atom stereocenters. The van der Waals surface area contributed by atoms with Gasteiger partial charge in [-0.15, -0.1) is 0 Å². The van der Waals surface area contributed by atoms with Crippen molar-refractivity contribution >= 4 is 5.91 Å². The van der Waals surface area contributed by atoms with Gasteiger partial charge in [-0.1, -0.05) is 6.42 Å². The number of aromatic nitrogens is 1. The summed E-state index contributed by atoms with van der Waals surface area (Å²) in [7, 11) is 0. The molecule has 1 fully saturated rings. The molecule has 0 bridgehead atoms. The van der Waals surface area contributed by atoms with Crippen molar-refractivity contribution in [2.24, 2.45) is 0 Å². The number of nitrogens with one attached hydrogen (secondary N) is 2. The zero-order chi connectivity index (χ0) is 12.4. The SMILES string of the molecule is Cc1c[nH]cc1C(=O)NN1[C@@H](C)CCC[C@@H]1C. The van der Waals surface area contributed by atoms with Crippen LogP contribution in [0.15, 0.2) is 12.4 Å². The maximum atomic E-state index is 12.1. The number of hydrogen-bond donors (Lipinski definition) is 2. The van der Waals surface area contributed by atoms with E-state index in [9.17, 15) is 4.79 Å². The molecule has 0 aliphatic carbocycles. The van der Waals surface area contributed by atoms with Gasteiger partial charge in [-0.3, -0.25) is 10.2 Å². The first-order valence-electron chi connectivity index (χ1n) is 6.32. The van der Waals surface area contributed by atoms with Gasteiger partial charge in [-0.2, -0.15) is 0 Å². The quantitative estimate of drug-likeness (QED) is 0.826. The van der Waals surface area contributed by atoms with E-state index in [1.54, 1.807) is 6.20 Å². The number of hydrazine groups is 1. The van der Waals surface area contributed by atoms with Gasteiger partial charge in [0.2, 0.25) is 0 Å². The van der Waals surface area contributed by atoms with Crippen LogP contribution in [0.2, 0.25) is 0 Å². The smallest absolute Gasteiger partial charge is 0.267 e. The fourth-order valence-electron chi connectivity index (χ4n) is 2.51. The van der Waals surface area contributed by atoms with E-state index in [2.05, 4.69) is 29.3 Å². The topological polar surface area (TPSA) is 48.1 Å². The number of carbonyl (C=O) groups is 1. The maximum absolute atomic E-state index is 12.1. The molecule has 0 saturated carbocycles. The van der Waals surface area contributed by atoms with E-state index in [0.717, 1.165) is 24.0 Å². The Hall–Kier alpha value is -1.29. The molecule has 0 aromatic carbocycles. The van der Waals surface area contributed by atoms with E-state index in [-0.39, 0.29) is 5.91 Å². The van der Waals surface area contributed by atoms with Crippen molar-refractivity contribution < 1.29 is 4.79 Å². The molecular weight excluding hydrogens is 214 g/mol. The van der Waals surface area contributed by atoms with E-state index in [1.165, 1.54) is 6.42 Å². The normalized spacial score (nSPS) is 25.8. The molecule has 2 atom stereocenters. The fraction of sp³-hybridized carbons (Fsp3) is 0.615. The summed E-state index contributed by atoms with van der Waals surface area (Å²) in [5, 5.41) is 2.10. The lowest BCUT2D eigenvalue weighted by atomic mass is 10.00. The van der Waals surface area contributed by atoms with Crippen molar-refractivity contribution in [3.63, 3.8) is 0 Å². The average Bonchev–Trinajstić information content (AvgIpc) is 2.70. The Labute approximate surface area is 102 Å². The molecule has 94 valence electrons. The molecule has 2 N–H and O–H groups in total. The number of piperidine rings is 1. The van der Waals surface area contributed by atoms with Gasteiger partial charge < -0.3 is 4.98 Å². The molecule has 17 heavy (non-hydrogen) atoms. The summed E-state index contributed by atoms with van der Waals surface area (Å²) >= 11 is 0. The number of rotatable bonds is 2. The third kappa shape index (κ3) is 2.52. The molecule has 1 aliphatic heterocycles. The third-order valence-electron chi connectivity index (χ3n) is 3.62. The van der Waals surface area contributed by atoms with Gasteiger partial charge in [-0.05, 0) is 39.2 Å². The summed E-state index contributed by atoms with van der Waals surface area (Å²) < 4.78 is 0. The molecular formula is C13H21N3O. The second kappa shape index (κ2) is 4.92. The highest BCUT2D eigenvalue weighted by Gasteiger charge is 2.26. The van der Waals surface area contributed by atoms with Crippen molar-refractivity contribution in [2.75, 3.05) is 0 Å². The van der Waals surface area contributed by atoms with Crippen molar-refractivity contribution in [1.29, 1.82) is 0 Å². The van der Waals surface area contributed by atoms with Gasteiger partial charge in [0.05, 0.1) is 5.56 Å². The first-order chi connectivity index (χ1) is 8.09. The average molecular weight is 235 g/mol. The molecule has 0 spiro atoms. The second-order valence-electron chi connectivity index (χ2n) is 5.03. The summed E-state index contributed by atoms with van der Waals surface area (Å²) in [4.78, 5) is 15.1. The Morgan fingerprint density at radius 1 is 1.35 bits per heavy atom. The molecule has 2 rings (SSSR count). The molecule has 4 nitrogen and oxygen atoms in total. The number of aryl methyl sites for hydroxylation is 1. The van der Waals surface area contributed by atoms with E-state index in [4.69, 9.17) is 0 Å². The maximum Gasteiger partial charge on any atom is 0.267 e. The largest absolute Gasteiger partial charge is 0.367 e. The predicted octanol–water partition coefficient (Wildman–Crippen LogP) is 2.23. The molecule has 1 aromatic heterocycles. The first kappa shape index (κ1) is 12.2. The minimum Gasteiger partial charge on any atom is -0.367 e. The molecule has 0 radical (unpaired) electrons. The lowest BCUT2D eigenvalue weighted by molar-refractivity contribution is 0.0369. The number of amides is 1. The van der Waals surface area contributed by atoms with E-state index < -0.39 is 0 Å². The Morgan fingerprint density at radius 2 is 2.00 bits per heavy atom. The van der Waals surface area contributed by atoms with Crippen molar-refractivity contribution in [3.8, 4) is 0 Å². The van der Waals surface area contributed by atoms with Crippen molar-refractivity contribution in [1.82, 2.24) is 15.4 Å².